The fourth-order valence-corrected chi connectivity index (χ4v) is 2.18. The van der Waals surface area contributed by atoms with Gasteiger partial charge >= 0.3 is 0 Å². The molecule has 0 fully saturated rings. The predicted molar refractivity (Wildman–Crippen MR) is 94.7 cm³/mol. The lowest BCUT2D eigenvalue weighted by Gasteiger charge is -2.12. The van der Waals surface area contributed by atoms with Gasteiger partial charge in [0.25, 0.3) is 5.91 Å². The van der Waals surface area contributed by atoms with Crippen molar-refractivity contribution in [2.75, 3.05) is 5.32 Å². The average Bonchev–Trinajstić information content (AvgIpc) is 2.43. The van der Waals surface area contributed by atoms with Crippen LogP contribution in [0.4, 0.5) is 5.69 Å². The first-order valence-corrected chi connectivity index (χ1v) is 7.47. The Hall–Kier alpha value is -2.29. The number of nitrogens with one attached hydrogen (secondary N) is 1. The lowest BCUT2D eigenvalue weighted by Crippen LogP contribution is -2.15. The number of carbonyl (C=O) groups excluding carboxylic acids is 1. The normalized spacial score (nSPS) is 12.5. The van der Waals surface area contributed by atoms with E-state index in [9.17, 15) is 4.79 Å². The van der Waals surface area contributed by atoms with Gasteiger partial charge in [0.15, 0.2) is 0 Å². The molecule has 0 unspecified atom stereocenters. The van der Waals surface area contributed by atoms with Crippen molar-refractivity contribution in [3.05, 3.63) is 64.9 Å². The van der Waals surface area contributed by atoms with E-state index in [-0.39, 0.29) is 5.91 Å². The average molecular weight is 298 g/mol. The summed E-state index contributed by atoms with van der Waals surface area (Å²) in [5.74, 6) is 0.289. The first-order chi connectivity index (χ1) is 10.3. The van der Waals surface area contributed by atoms with Crippen molar-refractivity contribution in [1.82, 2.24) is 0 Å². The maximum Gasteiger partial charge on any atom is 0.255 e. The Labute approximate surface area is 133 Å². The lowest BCUT2D eigenvalue weighted by atomic mass is 9.97. The number of hydrogen-bond donors (Lipinski definition) is 2. The van der Waals surface area contributed by atoms with Crippen molar-refractivity contribution in [3.63, 3.8) is 0 Å². The number of nitrogens with two attached hydrogens (primary N) is 1. The molecule has 118 valence electrons. The zero-order valence-corrected chi connectivity index (χ0v) is 14.2. The van der Waals surface area contributed by atoms with Crippen molar-refractivity contribution < 1.29 is 4.79 Å². The van der Waals surface area contributed by atoms with E-state index in [1.54, 1.807) is 12.2 Å². The summed E-state index contributed by atoms with van der Waals surface area (Å²) in [6.07, 6.45) is 3.38. The Morgan fingerprint density at radius 3 is 2.45 bits per heavy atom. The highest BCUT2D eigenvalue weighted by atomic mass is 16.1. The van der Waals surface area contributed by atoms with Crippen LogP contribution in [-0.4, -0.2) is 5.91 Å². The smallest absolute Gasteiger partial charge is 0.255 e. The number of rotatable bonds is 5. The van der Waals surface area contributed by atoms with E-state index in [2.05, 4.69) is 38.7 Å². The van der Waals surface area contributed by atoms with Crippen LogP contribution in [0.5, 0.6) is 0 Å². The molecule has 1 rings (SSSR count). The topological polar surface area (TPSA) is 55.1 Å². The predicted octanol–water partition coefficient (Wildman–Crippen LogP) is 4.42. The minimum atomic E-state index is -0.177. The molecular weight excluding hydrogens is 272 g/mol. The summed E-state index contributed by atoms with van der Waals surface area (Å²) in [5, 5.41) is 2.91. The molecule has 0 aliphatic carbocycles. The highest BCUT2D eigenvalue weighted by molar-refractivity contribution is 6.05. The third-order valence-corrected chi connectivity index (χ3v) is 3.53. The van der Waals surface area contributed by atoms with Crippen LogP contribution in [0.15, 0.2) is 53.8 Å². The Bertz CT molecular complexity index is 637. The number of carbonyl (C=O) groups is 1. The third kappa shape index (κ3) is 4.62. The second kappa shape index (κ2) is 7.64. The number of anilines is 1. The summed E-state index contributed by atoms with van der Waals surface area (Å²) in [6, 6.07) is 5.98. The molecule has 0 spiro atoms. The van der Waals surface area contributed by atoms with E-state index < -0.39 is 0 Å². The second-order valence-electron chi connectivity index (χ2n) is 5.80. The van der Waals surface area contributed by atoms with Gasteiger partial charge in [-0.3, -0.25) is 4.79 Å². The van der Waals surface area contributed by atoms with E-state index in [0.29, 0.717) is 17.2 Å². The van der Waals surface area contributed by atoms with Crippen LogP contribution in [0, 0.1) is 6.92 Å². The van der Waals surface area contributed by atoms with Gasteiger partial charge in [0.2, 0.25) is 0 Å². The van der Waals surface area contributed by atoms with Gasteiger partial charge in [-0.15, -0.1) is 0 Å². The first kappa shape index (κ1) is 17.8. The lowest BCUT2D eigenvalue weighted by molar-refractivity contribution is -0.112. The van der Waals surface area contributed by atoms with Crippen molar-refractivity contribution in [2.45, 2.75) is 40.5 Å². The summed E-state index contributed by atoms with van der Waals surface area (Å²) in [5.41, 5.74) is 10.9. The van der Waals surface area contributed by atoms with Crippen molar-refractivity contribution >= 4 is 11.6 Å². The number of benzene rings is 1. The molecule has 22 heavy (non-hydrogen) atoms. The molecule has 3 heteroatoms. The maximum absolute atomic E-state index is 12.3. The van der Waals surface area contributed by atoms with Gasteiger partial charge in [0, 0.05) is 17.0 Å². The zero-order chi connectivity index (χ0) is 16.9. The molecule has 3 nitrogen and oxygen atoms in total. The van der Waals surface area contributed by atoms with Crippen LogP contribution < -0.4 is 11.1 Å². The molecule has 0 aliphatic heterocycles. The summed E-state index contributed by atoms with van der Waals surface area (Å²) in [7, 11) is 0. The molecule has 0 atom stereocenters. The van der Waals surface area contributed by atoms with Crippen LogP contribution in [0.3, 0.4) is 0 Å². The molecule has 0 bridgehead atoms. The molecule has 3 N–H and O–H groups in total. The second-order valence-corrected chi connectivity index (χ2v) is 5.80. The van der Waals surface area contributed by atoms with E-state index in [0.717, 1.165) is 11.3 Å². The van der Waals surface area contributed by atoms with Crippen LogP contribution in [-0.2, 0) is 4.79 Å². The summed E-state index contributed by atoms with van der Waals surface area (Å²) in [6.45, 7) is 13.8. The SMILES string of the molecule is C=C(C)/C(N)=C\C(=C/C)C(=O)Nc1ccc(C(C)C)c(C)c1. The summed E-state index contributed by atoms with van der Waals surface area (Å²) >= 11 is 0. The first-order valence-electron chi connectivity index (χ1n) is 7.47. The summed E-state index contributed by atoms with van der Waals surface area (Å²) in [4.78, 5) is 12.3. The standard InChI is InChI=1S/C19H26N2O/c1-7-15(11-18(20)13(4)5)19(22)21-16-8-9-17(12(2)3)14(6)10-16/h7-12H,4,20H2,1-3,5-6H3,(H,21,22)/b15-7+,18-11+. The number of aryl methyl sites for hydroxylation is 1. The van der Waals surface area contributed by atoms with Crippen LogP contribution in [0.1, 0.15) is 44.7 Å². The van der Waals surface area contributed by atoms with Crippen molar-refractivity contribution in [1.29, 1.82) is 0 Å². The van der Waals surface area contributed by atoms with Crippen molar-refractivity contribution in [3.8, 4) is 0 Å². The van der Waals surface area contributed by atoms with E-state index >= 15 is 0 Å². The molecule has 0 aliphatic rings. The van der Waals surface area contributed by atoms with E-state index in [1.807, 2.05) is 26.0 Å². The molecule has 0 heterocycles. The van der Waals surface area contributed by atoms with Crippen LogP contribution in [0.2, 0.25) is 0 Å². The minimum Gasteiger partial charge on any atom is -0.399 e. The quantitative estimate of drug-likeness (QED) is 0.624. The zero-order valence-electron chi connectivity index (χ0n) is 14.2. The van der Waals surface area contributed by atoms with Crippen LogP contribution >= 0.6 is 0 Å². The Morgan fingerprint density at radius 2 is 2.00 bits per heavy atom. The Kier molecular flexibility index (Phi) is 6.17. The minimum absolute atomic E-state index is 0.177. The molecule has 1 aromatic carbocycles. The Balaban J connectivity index is 2.95. The van der Waals surface area contributed by atoms with E-state index in [1.165, 1.54) is 11.1 Å². The molecule has 1 aromatic rings. The van der Waals surface area contributed by atoms with Gasteiger partial charge in [0.1, 0.15) is 0 Å². The Morgan fingerprint density at radius 1 is 1.36 bits per heavy atom. The highest BCUT2D eigenvalue weighted by Gasteiger charge is 2.09. The van der Waals surface area contributed by atoms with Gasteiger partial charge < -0.3 is 11.1 Å². The number of amides is 1. The monoisotopic (exact) mass is 298 g/mol. The fraction of sp³-hybridized carbons (Fsp3) is 0.316. The van der Waals surface area contributed by atoms with Gasteiger partial charge in [-0.25, -0.2) is 0 Å². The third-order valence-electron chi connectivity index (χ3n) is 3.53. The van der Waals surface area contributed by atoms with E-state index in [4.69, 9.17) is 5.73 Å². The van der Waals surface area contributed by atoms with Crippen molar-refractivity contribution in [2.24, 2.45) is 5.73 Å². The molecule has 0 saturated carbocycles. The van der Waals surface area contributed by atoms with Gasteiger partial charge in [-0.2, -0.15) is 0 Å². The molecule has 0 radical (unpaired) electrons. The number of hydrogen-bond acceptors (Lipinski definition) is 2. The largest absolute Gasteiger partial charge is 0.399 e. The fourth-order valence-electron chi connectivity index (χ4n) is 2.18. The molecule has 1 amide bonds. The highest BCUT2D eigenvalue weighted by Crippen LogP contribution is 2.22. The van der Waals surface area contributed by atoms with Crippen LogP contribution in [0.25, 0.3) is 0 Å². The number of allylic oxidation sites excluding steroid dienone is 2. The molecule has 0 aromatic heterocycles. The maximum atomic E-state index is 12.3. The molecular formula is C19H26N2O. The summed E-state index contributed by atoms with van der Waals surface area (Å²) < 4.78 is 0. The van der Waals surface area contributed by atoms with Gasteiger partial charge in [-0.05, 0) is 61.6 Å². The molecule has 0 saturated heterocycles. The van der Waals surface area contributed by atoms with Gasteiger partial charge in [0.05, 0.1) is 0 Å². The van der Waals surface area contributed by atoms with Gasteiger partial charge in [-0.1, -0.05) is 32.6 Å².